The first-order valence-electron chi connectivity index (χ1n) is 2.78. The van der Waals surface area contributed by atoms with E-state index < -0.39 is 5.97 Å². The number of aromatic nitrogens is 1. The zero-order valence-electron chi connectivity index (χ0n) is 5.46. The van der Waals surface area contributed by atoms with Crippen LogP contribution in [-0.4, -0.2) is 16.1 Å². The first-order valence-corrected chi connectivity index (χ1v) is 2.78. The summed E-state index contributed by atoms with van der Waals surface area (Å²) in [4.78, 5) is 13.8. The molecule has 3 nitrogen and oxygen atoms in total. The van der Waals surface area contributed by atoms with Crippen LogP contribution < -0.4 is 0 Å². The van der Waals surface area contributed by atoms with Gasteiger partial charge < -0.3 is 5.11 Å². The van der Waals surface area contributed by atoms with Crippen LogP contribution in [0.5, 0.6) is 0 Å². The van der Waals surface area contributed by atoms with Crippen molar-refractivity contribution >= 4 is 5.97 Å². The number of hydrogen-bond acceptors (Lipinski definition) is 2. The summed E-state index contributed by atoms with van der Waals surface area (Å²) in [6.07, 6.45) is 2.48. The summed E-state index contributed by atoms with van der Waals surface area (Å²) in [5.41, 5.74) is 0.896. The fourth-order valence-electron chi connectivity index (χ4n) is 0.603. The fraction of sp³-hybridized carbons (Fsp3) is 0.143. The Morgan fingerprint density at radius 1 is 1.80 bits per heavy atom. The van der Waals surface area contributed by atoms with Crippen LogP contribution in [0.3, 0.4) is 0 Å². The van der Waals surface area contributed by atoms with E-state index in [1.165, 1.54) is 6.07 Å². The molecule has 0 aliphatic rings. The van der Waals surface area contributed by atoms with Crippen molar-refractivity contribution in [3.8, 4) is 0 Å². The van der Waals surface area contributed by atoms with Crippen molar-refractivity contribution in [1.82, 2.24) is 4.98 Å². The molecule has 0 aliphatic heterocycles. The molecule has 0 unspecified atom stereocenters. The van der Waals surface area contributed by atoms with E-state index in [-0.39, 0.29) is 5.69 Å². The van der Waals surface area contributed by atoms with Gasteiger partial charge in [0.25, 0.3) is 0 Å². The summed E-state index contributed by atoms with van der Waals surface area (Å²) in [5, 5.41) is 8.43. The minimum Gasteiger partial charge on any atom is -0.477 e. The SMILES string of the molecule is Cc1c[c]nc(C(=O)O)c1. The van der Waals surface area contributed by atoms with Crippen molar-refractivity contribution in [3.05, 3.63) is 29.6 Å². The van der Waals surface area contributed by atoms with Crippen molar-refractivity contribution in [1.29, 1.82) is 0 Å². The number of carboxylic acids is 1. The van der Waals surface area contributed by atoms with E-state index in [9.17, 15) is 4.79 Å². The second kappa shape index (κ2) is 2.47. The van der Waals surface area contributed by atoms with Crippen molar-refractivity contribution in [3.63, 3.8) is 0 Å². The van der Waals surface area contributed by atoms with Crippen LogP contribution in [0, 0.1) is 13.1 Å². The smallest absolute Gasteiger partial charge is 0.354 e. The number of carbonyl (C=O) groups is 1. The number of aryl methyl sites for hydroxylation is 1. The lowest BCUT2D eigenvalue weighted by Gasteiger charge is -1.92. The van der Waals surface area contributed by atoms with Gasteiger partial charge in [0.2, 0.25) is 0 Å². The number of rotatable bonds is 1. The maximum atomic E-state index is 10.3. The largest absolute Gasteiger partial charge is 0.477 e. The molecule has 1 heterocycles. The van der Waals surface area contributed by atoms with Gasteiger partial charge in [-0.05, 0) is 24.6 Å². The Morgan fingerprint density at radius 3 is 2.90 bits per heavy atom. The molecule has 1 aromatic heterocycles. The number of nitrogens with zero attached hydrogens (tertiary/aromatic N) is 1. The third-order valence-corrected chi connectivity index (χ3v) is 1.06. The van der Waals surface area contributed by atoms with E-state index >= 15 is 0 Å². The molecule has 0 aromatic carbocycles. The second-order valence-corrected chi connectivity index (χ2v) is 1.96. The van der Waals surface area contributed by atoms with Crippen molar-refractivity contribution in [2.45, 2.75) is 6.92 Å². The van der Waals surface area contributed by atoms with Crippen LogP contribution in [0.15, 0.2) is 12.1 Å². The molecule has 0 atom stereocenters. The average Bonchev–Trinajstić information content (AvgIpc) is 1.88. The predicted octanol–water partition coefficient (Wildman–Crippen LogP) is 0.888. The van der Waals surface area contributed by atoms with E-state index in [4.69, 9.17) is 5.11 Å². The Kier molecular flexibility index (Phi) is 1.67. The van der Waals surface area contributed by atoms with Crippen molar-refractivity contribution in [2.75, 3.05) is 0 Å². The molecule has 0 aliphatic carbocycles. The lowest BCUT2D eigenvalue weighted by Crippen LogP contribution is -1.99. The van der Waals surface area contributed by atoms with E-state index in [1.807, 2.05) is 0 Å². The van der Waals surface area contributed by atoms with Crippen LogP contribution in [0.2, 0.25) is 0 Å². The van der Waals surface area contributed by atoms with E-state index in [2.05, 4.69) is 11.2 Å². The monoisotopic (exact) mass is 136 g/mol. The molecule has 1 aromatic rings. The van der Waals surface area contributed by atoms with Gasteiger partial charge in [0.1, 0.15) is 5.69 Å². The Morgan fingerprint density at radius 2 is 2.50 bits per heavy atom. The third kappa shape index (κ3) is 1.31. The van der Waals surface area contributed by atoms with Gasteiger partial charge in [-0.15, -0.1) is 0 Å². The molecule has 1 radical (unpaired) electrons. The number of hydrogen-bond donors (Lipinski definition) is 1. The predicted molar refractivity (Wildman–Crippen MR) is 34.8 cm³/mol. The van der Waals surface area contributed by atoms with Gasteiger partial charge in [0.05, 0.1) is 6.20 Å². The highest BCUT2D eigenvalue weighted by molar-refractivity contribution is 5.85. The van der Waals surface area contributed by atoms with Crippen molar-refractivity contribution in [2.24, 2.45) is 0 Å². The van der Waals surface area contributed by atoms with Gasteiger partial charge in [0, 0.05) is 0 Å². The molecule has 1 rings (SSSR count). The molecular weight excluding hydrogens is 130 g/mol. The molecule has 3 heteroatoms. The van der Waals surface area contributed by atoms with Gasteiger partial charge in [-0.2, -0.15) is 0 Å². The van der Waals surface area contributed by atoms with Gasteiger partial charge in [-0.3, -0.25) is 0 Å². The number of carboxylic acid groups (broad SMARTS) is 1. The van der Waals surface area contributed by atoms with Crippen LogP contribution in [0.4, 0.5) is 0 Å². The summed E-state index contributed by atoms with van der Waals surface area (Å²) in [6.45, 7) is 1.80. The van der Waals surface area contributed by atoms with Crippen LogP contribution in [0.25, 0.3) is 0 Å². The Bertz CT molecular complexity index is 258. The van der Waals surface area contributed by atoms with Crippen LogP contribution in [0.1, 0.15) is 16.1 Å². The summed E-state index contributed by atoms with van der Waals surface area (Å²) in [5.74, 6) is -1.01. The third-order valence-electron chi connectivity index (χ3n) is 1.06. The molecule has 0 spiro atoms. The molecule has 0 amide bonds. The molecule has 0 bridgehead atoms. The topological polar surface area (TPSA) is 50.2 Å². The quantitative estimate of drug-likeness (QED) is 0.623. The second-order valence-electron chi connectivity index (χ2n) is 1.96. The summed E-state index contributed by atoms with van der Waals surface area (Å²) in [6, 6.07) is 3.13. The van der Waals surface area contributed by atoms with Gasteiger partial charge in [0.15, 0.2) is 0 Å². The first-order chi connectivity index (χ1) is 4.70. The maximum absolute atomic E-state index is 10.3. The standard InChI is InChI=1S/C7H6NO2/c1-5-2-3-8-6(4-5)7(9)10/h2,4H,1H3,(H,9,10). The Balaban J connectivity index is 3.07. The van der Waals surface area contributed by atoms with Gasteiger partial charge in [-0.25, -0.2) is 9.78 Å². The average molecular weight is 136 g/mol. The van der Waals surface area contributed by atoms with Gasteiger partial charge >= 0.3 is 5.97 Å². The molecule has 0 fully saturated rings. The molecular formula is C7H6NO2. The Hall–Kier alpha value is -1.38. The molecule has 0 saturated carbocycles. The lowest BCUT2D eigenvalue weighted by molar-refractivity contribution is 0.0690. The zero-order valence-corrected chi connectivity index (χ0v) is 5.46. The number of pyridine rings is 1. The zero-order chi connectivity index (χ0) is 7.56. The van der Waals surface area contributed by atoms with E-state index in [0.29, 0.717) is 0 Å². The Labute approximate surface area is 58.3 Å². The molecule has 51 valence electrons. The van der Waals surface area contributed by atoms with Gasteiger partial charge in [-0.1, -0.05) is 0 Å². The maximum Gasteiger partial charge on any atom is 0.354 e. The first kappa shape index (κ1) is 6.74. The fourth-order valence-corrected chi connectivity index (χ4v) is 0.603. The summed E-state index contributed by atoms with van der Waals surface area (Å²) < 4.78 is 0. The van der Waals surface area contributed by atoms with E-state index in [0.717, 1.165) is 5.56 Å². The molecule has 10 heavy (non-hydrogen) atoms. The summed E-state index contributed by atoms with van der Waals surface area (Å²) >= 11 is 0. The number of aromatic carboxylic acids is 1. The lowest BCUT2D eigenvalue weighted by atomic mass is 10.2. The highest BCUT2D eigenvalue weighted by atomic mass is 16.4. The minimum atomic E-state index is -1.01. The minimum absolute atomic E-state index is 0.0417. The highest BCUT2D eigenvalue weighted by Crippen LogP contribution is 1.97. The van der Waals surface area contributed by atoms with Crippen LogP contribution >= 0.6 is 0 Å². The van der Waals surface area contributed by atoms with E-state index in [1.54, 1.807) is 13.0 Å². The van der Waals surface area contributed by atoms with Crippen molar-refractivity contribution < 1.29 is 9.90 Å². The molecule has 1 N–H and O–H groups in total. The van der Waals surface area contributed by atoms with Crippen LogP contribution in [-0.2, 0) is 0 Å². The highest BCUT2D eigenvalue weighted by Gasteiger charge is 2.01. The molecule has 0 saturated heterocycles. The summed E-state index contributed by atoms with van der Waals surface area (Å²) in [7, 11) is 0. The normalized spacial score (nSPS) is 9.30.